The third kappa shape index (κ3) is 4.81. The zero-order chi connectivity index (χ0) is 15.0. The van der Waals surface area contributed by atoms with Gasteiger partial charge >= 0.3 is 0 Å². The van der Waals surface area contributed by atoms with Gasteiger partial charge in [-0.15, -0.1) is 0 Å². The zero-order valence-corrected chi connectivity index (χ0v) is 12.4. The highest BCUT2D eigenvalue weighted by Crippen LogP contribution is 2.18. The van der Waals surface area contributed by atoms with E-state index in [4.69, 9.17) is 4.74 Å². The van der Waals surface area contributed by atoms with Gasteiger partial charge in [0, 0.05) is 19.5 Å². The van der Waals surface area contributed by atoms with Crippen LogP contribution in [-0.4, -0.2) is 38.1 Å². The molecule has 1 rings (SSSR count). The Morgan fingerprint density at radius 3 is 2.75 bits per heavy atom. The van der Waals surface area contributed by atoms with E-state index in [1.807, 2.05) is 14.0 Å². The fourth-order valence-electron chi connectivity index (χ4n) is 1.98. The van der Waals surface area contributed by atoms with Crippen LogP contribution in [0.3, 0.4) is 0 Å². The Hall–Kier alpha value is -1.62. The van der Waals surface area contributed by atoms with Crippen molar-refractivity contribution in [2.45, 2.75) is 26.3 Å². The second kappa shape index (κ2) is 8.53. The predicted octanol–water partition coefficient (Wildman–Crippen LogP) is 2.18. The summed E-state index contributed by atoms with van der Waals surface area (Å²) in [4.78, 5) is 13.8. The van der Waals surface area contributed by atoms with E-state index in [0.29, 0.717) is 19.5 Å². The Bertz CT molecular complexity index is 438. The summed E-state index contributed by atoms with van der Waals surface area (Å²) in [5, 5.41) is 3.02. The highest BCUT2D eigenvalue weighted by molar-refractivity contribution is 5.76. The molecule has 0 aliphatic heterocycles. The Kier molecular flexibility index (Phi) is 7.01. The monoisotopic (exact) mass is 282 g/mol. The average molecular weight is 282 g/mol. The number of rotatable bonds is 8. The van der Waals surface area contributed by atoms with Crippen molar-refractivity contribution >= 4 is 5.91 Å². The number of benzene rings is 1. The van der Waals surface area contributed by atoms with Gasteiger partial charge in [0.05, 0.1) is 7.11 Å². The molecule has 0 saturated carbocycles. The second-order valence-corrected chi connectivity index (χ2v) is 4.58. The molecule has 0 atom stereocenters. The number of ether oxygens (including phenoxy) is 1. The highest BCUT2D eigenvalue weighted by Gasteiger charge is 2.13. The van der Waals surface area contributed by atoms with E-state index in [-0.39, 0.29) is 11.7 Å². The van der Waals surface area contributed by atoms with Crippen LogP contribution in [0, 0.1) is 5.82 Å². The molecule has 1 amide bonds. The van der Waals surface area contributed by atoms with Gasteiger partial charge in [-0.2, -0.15) is 0 Å². The summed E-state index contributed by atoms with van der Waals surface area (Å²) in [5.41, 5.74) is 0.770. The third-order valence-electron chi connectivity index (χ3n) is 3.14. The summed E-state index contributed by atoms with van der Waals surface area (Å²) in [5.74, 6) is -0.0835. The molecule has 0 aromatic heterocycles. The van der Waals surface area contributed by atoms with E-state index < -0.39 is 5.82 Å². The smallest absolute Gasteiger partial charge is 0.222 e. The molecule has 0 aliphatic rings. The van der Waals surface area contributed by atoms with E-state index in [1.165, 1.54) is 13.2 Å². The number of nitrogens with one attached hydrogen (secondary N) is 1. The maximum Gasteiger partial charge on any atom is 0.222 e. The number of amides is 1. The van der Waals surface area contributed by atoms with Crippen LogP contribution in [0.25, 0.3) is 0 Å². The van der Waals surface area contributed by atoms with Gasteiger partial charge in [0.15, 0.2) is 11.6 Å². The maximum absolute atomic E-state index is 13.6. The van der Waals surface area contributed by atoms with E-state index in [1.54, 1.807) is 17.0 Å². The molecular formula is C15H23FN2O2. The summed E-state index contributed by atoms with van der Waals surface area (Å²) in [7, 11) is 3.30. The van der Waals surface area contributed by atoms with Gasteiger partial charge in [-0.1, -0.05) is 6.07 Å². The van der Waals surface area contributed by atoms with Gasteiger partial charge in [-0.25, -0.2) is 4.39 Å². The Balaban J connectivity index is 2.63. The van der Waals surface area contributed by atoms with Gasteiger partial charge in [-0.3, -0.25) is 4.79 Å². The van der Waals surface area contributed by atoms with Crippen LogP contribution >= 0.6 is 0 Å². The minimum Gasteiger partial charge on any atom is -0.494 e. The van der Waals surface area contributed by atoms with Gasteiger partial charge < -0.3 is 15.0 Å². The van der Waals surface area contributed by atoms with E-state index in [0.717, 1.165) is 18.5 Å². The van der Waals surface area contributed by atoms with Crippen molar-refractivity contribution in [3.8, 4) is 5.75 Å². The highest BCUT2D eigenvalue weighted by atomic mass is 19.1. The largest absolute Gasteiger partial charge is 0.494 e. The van der Waals surface area contributed by atoms with Crippen LogP contribution in [0.15, 0.2) is 18.2 Å². The summed E-state index contributed by atoms with van der Waals surface area (Å²) >= 11 is 0. The number of methoxy groups -OCH3 is 1. The minimum absolute atomic E-state index is 0.0963. The first-order valence-electron chi connectivity index (χ1n) is 6.87. The number of halogens is 1. The maximum atomic E-state index is 13.6. The summed E-state index contributed by atoms with van der Waals surface area (Å²) in [6.07, 6.45) is 1.32. The van der Waals surface area contributed by atoms with Crippen LogP contribution in [-0.2, 0) is 11.3 Å². The first kappa shape index (κ1) is 16.4. The molecule has 0 aliphatic carbocycles. The molecule has 0 saturated heterocycles. The molecule has 112 valence electrons. The van der Waals surface area contributed by atoms with E-state index in [9.17, 15) is 9.18 Å². The first-order valence-corrected chi connectivity index (χ1v) is 6.87. The topological polar surface area (TPSA) is 41.6 Å². The number of hydrogen-bond acceptors (Lipinski definition) is 3. The summed E-state index contributed by atoms with van der Waals surface area (Å²) < 4.78 is 18.5. The van der Waals surface area contributed by atoms with Crippen molar-refractivity contribution in [1.82, 2.24) is 10.2 Å². The molecule has 1 N–H and O–H groups in total. The second-order valence-electron chi connectivity index (χ2n) is 4.58. The molecule has 0 unspecified atom stereocenters. The standard InChI is InChI=1S/C15H23FN2O2/c1-4-18(15(19)6-5-9-17-2)11-12-7-8-14(20-3)13(16)10-12/h7-8,10,17H,4-6,9,11H2,1-3H3. The normalized spacial score (nSPS) is 10.4. The number of carbonyl (C=O) groups excluding carboxylic acids is 1. The summed E-state index contributed by atoms with van der Waals surface area (Å²) in [6.45, 7) is 3.79. The number of carbonyl (C=O) groups is 1. The van der Waals surface area contributed by atoms with E-state index in [2.05, 4.69) is 5.32 Å². The van der Waals surface area contributed by atoms with Crippen LogP contribution in [0.5, 0.6) is 5.75 Å². The molecule has 5 heteroatoms. The van der Waals surface area contributed by atoms with Crippen LogP contribution in [0.1, 0.15) is 25.3 Å². The fourth-order valence-corrected chi connectivity index (χ4v) is 1.98. The average Bonchev–Trinajstić information content (AvgIpc) is 2.45. The molecule has 0 radical (unpaired) electrons. The molecule has 0 heterocycles. The van der Waals surface area contributed by atoms with Gasteiger partial charge in [0.2, 0.25) is 5.91 Å². The predicted molar refractivity (Wildman–Crippen MR) is 77.2 cm³/mol. The molecule has 4 nitrogen and oxygen atoms in total. The minimum atomic E-state index is -0.399. The fraction of sp³-hybridized carbons (Fsp3) is 0.533. The van der Waals surface area contributed by atoms with Crippen molar-refractivity contribution in [1.29, 1.82) is 0 Å². The molecule has 0 spiro atoms. The van der Waals surface area contributed by atoms with Gasteiger partial charge in [-0.05, 0) is 44.6 Å². The lowest BCUT2D eigenvalue weighted by Crippen LogP contribution is -2.30. The number of hydrogen-bond donors (Lipinski definition) is 1. The molecule has 0 bridgehead atoms. The van der Waals surface area contributed by atoms with E-state index >= 15 is 0 Å². The molecule has 20 heavy (non-hydrogen) atoms. The lowest BCUT2D eigenvalue weighted by molar-refractivity contribution is -0.131. The van der Waals surface area contributed by atoms with Crippen molar-refractivity contribution in [3.05, 3.63) is 29.6 Å². The Labute approximate surface area is 119 Å². The first-order chi connectivity index (χ1) is 9.62. The summed E-state index contributed by atoms with van der Waals surface area (Å²) in [6, 6.07) is 4.79. The molecule has 0 fully saturated rings. The van der Waals surface area contributed by atoms with Gasteiger partial charge in [0.25, 0.3) is 0 Å². The van der Waals surface area contributed by atoms with Crippen LogP contribution in [0.4, 0.5) is 4.39 Å². The van der Waals surface area contributed by atoms with Crippen molar-refractivity contribution in [3.63, 3.8) is 0 Å². The zero-order valence-electron chi connectivity index (χ0n) is 12.4. The van der Waals surface area contributed by atoms with Crippen molar-refractivity contribution in [2.75, 3.05) is 27.2 Å². The van der Waals surface area contributed by atoms with Crippen molar-refractivity contribution in [2.24, 2.45) is 0 Å². The van der Waals surface area contributed by atoms with Gasteiger partial charge in [0.1, 0.15) is 0 Å². The Morgan fingerprint density at radius 1 is 1.45 bits per heavy atom. The third-order valence-corrected chi connectivity index (χ3v) is 3.14. The lowest BCUT2D eigenvalue weighted by Gasteiger charge is -2.21. The molecule has 1 aromatic carbocycles. The lowest BCUT2D eigenvalue weighted by atomic mass is 10.1. The van der Waals surface area contributed by atoms with Crippen LogP contribution < -0.4 is 10.1 Å². The molecule has 1 aromatic rings. The van der Waals surface area contributed by atoms with Crippen LogP contribution in [0.2, 0.25) is 0 Å². The Morgan fingerprint density at radius 2 is 2.20 bits per heavy atom. The van der Waals surface area contributed by atoms with Crippen molar-refractivity contribution < 1.29 is 13.9 Å². The quantitative estimate of drug-likeness (QED) is 0.743. The SMILES string of the molecule is CCN(Cc1ccc(OC)c(F)c1)C(=O)CCCNC. The molecular weight excluding hydrogens is 259 g/mol. The number of nitrogens with zero attached hydrogens (tertiary/aromatic N) is 1.